The SMILES string of the molecule is CC[C@@H](C)OS(C)(=O)=O. The molecule has 0 aromatic carbocycles. The van der Waals surface area contributed by atoms with E-state index in [1.54, 1.807) is 6.92 Å². The van der Waals surface area contributed by atoms with Crippen molar-refractivity contribution >= 4 is 10.1 Å². The van der Waals surface area contributed by atoms with Gasteiger partial charge < -0.3 is 0 Å². The van der Waals surface area contributed by atoms with Crippen LogP contribution < -0.4 is 0 Å². The Morgan fingerprint density at radius 3 is 2.11 bits per heavy atom. The first-order valence-corrected chi connectivity index (χ1v) is 4.65. The van der Waals surface area contributed by atoms with Gasteiger partial charge in [0.2, 0.25) is 0 Å². The van der Waals surface area contributed by atoms with E-state index in [0.717, 1.165) is 6.26 Å². The summed E-state index contributed by atoms with van der Waals surface area (Å²) >= 11 is 0. The molecule has 0 saturated carbocycles. The van der Waals surface area contributed by atoms with Gasteiger partial charge in [-0.25, -0.2) is 0 Å². The third-order valence-electron chi connectivity index (χ3n) is 0.914. The summed E-state index contributed by atoms with van der Waals surface area (Å²) in [5.41, 5.74) is 0. The fourth-order valence-corrected chi connectivity index (χ4v) is 1.10. The molecule has 0 bridgehead atoms. The van der Waals surface area contributed by atoms with E-state index in [1.807, 2.05) is 6.92 Å². The Bertz CT molecular complexity index is 159. The second-order valence-electron chi connectivity index (χ2n) is 2.02. The highest BCUT2D eigenvalue weighted by molar-refractivity contribution is 7.86. The fraction of sp³-hybridized carbons (Fsp3) is 1.00. The smallest absolute Gasteiger partial charge is 0.264 e. The number of hydrogen-bond donors (Lipinski definition) is 0. The number of hydrogen-bond acceptors (Lipinski definition) is 3. The molecule has 0 unspecified atom stereocenters. The minimum absolute atomic E-state index is 0.194. The number of rotatable bonds is 3. The van der Waals surface area contributed by atoms with Crippen molar-refractivity contribution in [2.75, 3.05) is 6.26 Å². The first-order valence-electron chi connectivity index (χ1n) is 2.84. The van der Waals surface area contributed by atoms with Crippen LogP contribution in [-0.2, 0) is 14.3 Å². The minimum Gasteiger partial charge on any atom is -0.267 e. The molecular weight excluding hydrogens is 140 g/mol. The maximum Gasteiger partial charge on any atom is 0.264 e. The molecule has 0 aromatic heterocycles. The van der Waals surface area contributed by atoms with Crippen LogP contribution >= 0.6 is 0 Å². The average Bonchev–Trinajstić information content (AvgIpc) is 1.62. The highest BCUT2D eigenvalue weighted by Gasteiger charge is 2.06. The summed E-state index contributed by atoms with van der Waals surface area (Å²) in [7, 11) is -3.24. The van der Waals surface area contributed by atoms with E-state index >= 15 is 0 Å². The van der Waals surface area contributed by atoms with E-state index in [4.69, 9.17) is 0 Å². The Hall–Kier alpha value is -0.0900. The van der Waals surface area contributed by atoms with Crippen LogP contribution in [0.15, 0.2) is 0 Å². The van der Waals surface area contributed by atoms with Crippen LogP contribution in [0.3, 0.4) is 0 Å². The van der Waals surface area contributed by atoms with Crippen LogP contribution in [0.1, 0.15) is 20.3 Å². The molecule has 0 amide bonds. The third kappa shape index (κ3) is 5.79. The molecule has 1 atom stereocenters. The van der Waals surface area contributed by atoms with Crippen molar-refractivity contribution in [3.05, 3.63) is 0 Å². The predicted molar refractivity (Wildman–Crippen MR) is 35.7 cm³/mol. The second kappa shape index (κ2) is 3.17. The van der Waals surface area contributed by atoms with Gasteiger partial charge in [-0.15, -0.1) is 0 Å². The summed E-state index contributed by atoms with van der Waals surface area (Å²) in [6, 6.07) is 0. The molecule has 0 heterocycles. The molecular formula is C5H12O3S. The Morgan fingerprint density at radius 1 is 1.56 bits per heavy atom. The van der Waals surface area contributed by atoms with E-state index in [9.17, 15) is 8.42 Å². The van der Waals surface area contributed by atoms with Gasteiger partial charge in [-0.3, -0.25) is 4.18 Å². The molecule has 0 rings (SSSR count). The van der Waals surface area contributed by atoms with Crippen molar-refractivity contribution in [2.24, 2.45) is 0 Å². The summed E-state index contributed by atoms with van der Waals surface area (Å²) in [5, 5.41) is 0. The minimum atomic E-state index is -3.24. The molecule has 0 aliphatic heterocycles. The lowest BCUT2D eigenvalue weighted by molar-refractivity contribution is 0.227. The zero-order chi connectivity index (χ0) is 7.49. The van der Waals surface area contributed by atoms with Crippen LogP contribution in [0.25, 0.3) is 0 Å². The quantitative estimate of drug-likeness (QED) is 0.561. The summed E-state index contributed by atoms with van der Waals surface area (Å²) in [4.78, 5) is 0. The summed E-state index contributed by atoms with van der Waals surface area (Å²) in [6.45, 7) is 3.59. The first-order chi connectivity index (χ1) is 3.95. The monoisotopic (exact) mass is 152 g/mol. The molecule has 4 heteroatoms. The molecule has 0 N–H and O–H groups in total. The van der Waals surface area contributed by atoms with Crippen molar-refractivity contribution in [2.45, 2.75) is 26.4 Å². The second-order valence-corrected chi connectivity index (χ2v) is 3.62. The molecule has 56 valence electrons. The zero-order valence-corrected chi connectivity index (χ0v) is 6.73. The van der Waals surface area contributed by atoms with Gasteiger partial charge in [-0.1, -0.05) is 6.92 Å². The van der Waals surface area contributed by atoms with Gasteiger partial charge in [0.25, 0.3) is 10.1 Å². The Kier molecular flexibility index (Phi) is 3.14. The lowest BCUT2D eigenvalue weighted by atomic mass is 10.3. The summed E-state index contributed by atoms with van der Waals surface area (Å²) < 4.78 is 25.3. The van der Waals surface area contributed by atoms with E-state index in [-0.39, 0.29) is 6.10 Å². The van der Waals surface area contributed by atoms with Gasteiger partial charge in [0.15, 0.2) is 0 Å². The van der Waals surface area contributed by atoms with Gasteiger partial charge in [0.1, 0.15) is 0 Å². The Labute approximate surface area is 56.1 Å². The fourth-order valence-electron chi connectivity index (χ4n) is 0.366. The maximum atomic E-state index is 10.4. The van der Waals surface area contributed by atoms with E-state index in [2.05, 4.69) is 4.18 Å². The van der Waals surface area contributed by atoms with Gasteiger partial charge in [0.05, 0.1) is 12.4 Å². The average molecular weight is 152 g/mol. The Morgan fingerprint density at radius 2 is 2.00 bits per heavy atom. The highest BCUT2D eigenvalue weighted by atomic mass is 32.2. The van der Waals surface area contributed by atoms with Gasteiger partial charge in [-0.2, -0.15) is 8.42 Å². The molecule has 0 aliphatic carbocycles. The van der Waals surface area contributed by atoms with Crippen molar-refractivity contribution in [3.8, 4) is 0 Å². The van der Waals surface area contributed by atoms with E-state index in [0.29, 0.717) is 6.42 Å². The first kappa shape index (κ1) is 8.91. The standard InChI is InChI=1S/C5H12O3S/c1-4-5(2)8-9(3,6)7/h5H,4H2,1-3H3/t5-/m1/s1. The van der Waals surface area contributed by atoms with Crippen molar-refractivity contribution in [1.82, 2.24) is 0 Å². The van der Waals surface area contributed by atoms with E-state index in [1.165, 1.54) is 0 Å². The van der Waals surface area contributed by atoms with Gasteiger partial charge in [0, 0.05) is 0 Å². The molecule has 0 aromatic rings. The molecule has 3 nitrogen and oxygen atoms in total. The molecule has 0 spiro atoms. The predicted octanol–water partition coefficient (Wildman–Crippen LogP) is 0.761. The normalized spacial score (nSPS) is 15.4. The summed E-state index contributed by atoms with van der Waals surface area (Å²) in [5.74, 6) is 0. The lowest BCUT2D eigenvalue weighted by Gasteiger charge is -2.05. The van der Waals surface area contributed by atoms with Crippen LogP contribution in [-0.4, -0.2) is 20.8 Å². The molecule has 0 aliphatic rings. The highest BCUT2D eigenvalue weighted by Crippen LogP contribution is 1.99. The van der Waals surface area contributed by atoms with E-state index < -0.39 is 10.1 Å². The maximum absolute atomic E-state index is 10.4. The summed E-state index contributed by atoms with van der Waals surface area (Å²) in [6.07, 6.45) is 1.58. The molecule has 0 saturated heterocycles. The molecule has 0 radical (unpaired) electrons. The van der Waals surface area contributed by atoms with Crippen LogP contribution in [0.2, 0.25) is 0 Å². The molecule has 9 heavy (non-hydrogen) atoms. The van der Waals surface area contributed by atoms with Crippen LogP contribution in [0.5, 0.6) is 0 Å². The Balaban J connectivity index is 3.75. The van der Waals surface area contributed by atoms with Crippen LogP contribution in [0.4, 0.5) is 0 Å². The molecule has 0 fully saturated rings. The van der Waals surface area contributed by atoms with Crippen molar-refractivity contribution in [3.63, 3.8) is 0 Å². The van der Waals surface area contributed by atoms with Crippen molar-refractivity contribution < 1.29 is 12.6 Å². The van der Waals surface area contributed by atoms with Crippen LogP contribution in [0, 0.1) is 0 Å². The van der Waals surface area contributed by atoms with Gasteiger partial charge in [-0.05, 0) is 13.3 Å². The zero-order valence-electron chi connectivity index (χ0n) is 5.92. The lowest BCUT2D eigenvalue weighted by Crippen LogP contribution is -2.12. The topological polar surface area (TPSA) is 43.4 Å². The van der Waals surface area contributed by atoms with Gasteiger partial charge >= 0.3 is 0 Å². The third-order valence-corrected chi connectivity index (χ3v) is 1.59. The van der Waals surface area contributed by atoms with Crippen molar-refractivity contribution in [1.29, 1.82) is 0 Å². The largest absolute Gasteiger partial charge is 0.267 e.